The summed E-state index contributed by atoms with van der Waals surface area (Å²) in [5.74, 6) is 0. The van der Waals surface area contributed by atoms with Crippen LogP contribution in [0.1, 0.15) is 36.1 Å². The van der Waals surface area contributed by atoms with Gasteiger partial charge in [-0.05, 0) is 76.1 Å². The van der Waals surface area contributed by atoms with Gasteiger partial charge in [0.15, 0.2) is 0 Å². The van der Waals surface area contributed by atoms with Crippen LogP contribution in [0.15, 0.2) is 84.9 Å². The molecule has 1 aliphatic carbocycles. The molecule has 0 aliphatic heterocycles. The first-order chi connectivity index (χ1) is 13.9. The number of fused-ring (bicyclic) bond motifs is 3. The maximum atomic E-state index is 2.41. The summed E-state index contributed by atoms with van der Waals surface area (Å²) in [4.78, 5) is 0. The van der Waals surface area contributed by atoms with E-state index in [9.17, 15) is 0 Å². The highest BCUT2D eigenvalue weighted by Crippen LogP contribution is 2.50. The molecule has 0 N–H and O–H groups in total. The largest absolute Gasteiger partial charge is 0.0620 e. The molecule has 0 bridgehead atoms. The summed E-state index contributed by atoms with van der Waals surface area (Å²) in [5, 5.41) is 0. The van der Waals surface area contributed by atoms with E-state index >= 15 is 0 Å². The first-order valence-corrected chi connectivity index (χ1v) is 10.4. The Kier molecular flexibility index (Phi) is 3.99. The van der Waals surface area contributed by atoms with E-state index in [0.717, 1.165) is 0 Å². The molecule has 4 aromatic carbocycles. The minimum absolute atomic E-state index is 0.0107. The van der Waals surface area contributed by atoms with Crippen molar-refractivity contribution in [3.05, 3.63) is 107 Å². The quantitative estimate of drug-likeness (QED) is 0.334. The van der Waals surface area contributed by atoms with Crippen LogP contribution < -0.4 is 0 Å². The smallest absolute Gasteiger partial charge is 0.0159 e. The van der Waals surface area contributed by atoms with Gasteiger partial charge in [0, 0.05) is 5.41 Å². The van der Waals surface area contributed by atoms with E-state index in [-0.39, 0.29) is 5.41 Å². The van der Waals surface area contributed by atoms with Crippen LogP contribution in [0, 0.1) is 13.8 Å². The molecular formula is C29H26. The zero-order chi connectivity index (χ0) is 20.2. The van der Waals surface area contributed by atoms with Crippen LogP contribution in [0.25, 0.3) is 33.4 Å². The van der Waals surface area contributed by atoms with Crippen molar-refractivity contribution in [1.82, 2.24) is 0 Å². The summed E-state index contributed by atoms with van der Waals surface area (Å²) in [5.41, 5.74) is 13.4. The highest BCUT2D eigenvalue weighted by molar-refractivity contribution is 5.86. The summed E-state index contributed by atoms with van der Waals surface area (Å²) in [6.45, 7) is 9.07. The molecule has 0 spiro atoms. The Morgan fingerprint density at radius 2 is 1.14 bits per heavy atom. The molecule has 0 atom stereocenters. The van der Waals surface area contributed by atoms with Crippen molar-refractivity contribution < 1.29 is 0 Å². The van der Waals surface area contributed by atoms with Crippen molar-refractivity contribution in [2.75, 3.05) is 0 Å². The molecule has 0 radical (unpaired) electrons. The Labute approximate surface area is 173 Å². The van der Waals surface area contributed by atoms with Gasteiger partial charge in [-0.25, -0.2) is 0 Å². The lowest BCUT2D eigenvalue weighted by Crippen LogP contribution is -2.15. The van der Waals surface area contributed by atoms with Crippen LogP contribution in [0.2, 0.25) is 0 Å². The lowest BCUT2D eigenvalue weighted by atomic mass is 9.80. The molecule has 0 amide bonds. The average molecular weight is 375 g/mol. The van der Waals surface area contributed by atoms with Crippen LogP contribution in [0.3, 0.4) is 0 Å². The van der Waals surface area contributed by atoms with Gasteiger partial charge in [-0.3, -0.25) is 0 Å². The topological polar surface area (TPSA) is 0 Å². The summed E-state index contributed by atoms with van der Waals surface area (Å²) >= 11 is 0. The van der Waals surface area contributed by atoms with Gasteiger partial charge in [0.05, 0.1) is 0 Å². The minimum Gasteiger partial charge on any atom is -0.0620 e. The number of aryl methyl sites for hydroxylation is 2. The first kappa shape index (κ1) is 17.9. The van der Waals surface area contributed by atoms with Gasteiger partial charge in [0.1, 0.15) is 0 Å². The first-order valence-electron chi connectivity index (χ1n) is 10.4. The predicted molar refractivity (Wildman–Crippen MR) is 124 cm³/mol. The highest BCUT2D eigenvalue weighted by atomic mass is 14.4. The van der Waals surface area contributed by atoms with Crippen molar-refractivity contribution in [3.8, 4) is 33.4 Å². The summed E-state index contributed by atoms with van der Waals surface area (Å²) in [7, 11) is 0. The molecule has 29 heavy (non-hydrogen) atoms. The molecule has 0 saturated heterocycles. The number of hydrogen-bond donors (Lipinski definition) is 0. The van der Waals surface area contributed by atoms with Crippen molar-refractivity contribution in [2.45, 2.75) is 33.1 Å². The van der Waals surface area contributed by atoms with Gasteiger partial charge in [-0.1, -0.05) is 92.2 Å². The third-order valence-corrected chi connectivity index (χ3v) is 6.48. The number of rotatable bonds is 2. The molecule has 0 unspecified atom stereocenters. The number of hydrogen-bond acceptors (Lipinski definition) is 0. The summed E-state index contributed by atoms with van der Waals surface area (Å²) in [6, 6.07) is 31.4. The van der Waals surface area contributed by atoms with Crippen LogP contribution in [-0.2, 0) is 5.41 Å². The van der Waals surface area contributed by atoms with Crippen LogP contribution in [0.4, 0.5) is 0 Å². The van der Waals surface area contributed by atoms with Gasteiger partial charge in [0.25, 0.3) is 0 Å². The third kappa shape index (κ3) is 2.83. The molecular weight excluding hydrogens is 348 g/mol. The normalized spacial score (nSPS) is 13.8. The van der Waals surface area contributed by atoms with Gasteiger partial charge in [0.2, 0.25) is 0 Å². The lowest BCUT2D eigenvalue weighted by Gasteiger charge is -2.23. The molecule has 0 aromatic heterocycles. The molecule has 4 aromatic rings. The molecule has 5 rings (SSSR count). The Bertz CT molecular complexity index is 1240. The van der Waals surface area contributed by atoms with Gasteiger partial charge in [-0.2, -0.15) is 0 Å². The van der Waals surface area contributed by atoms with E-state index in [1.165, 1.54) is 55.6 Å². The number of benzene rings is 4. The molecule has 1 aliphatic rings. The van der Waals surface area contributed by atoms with Crippen molar-refractivity contribution in [3.63, 3.8) is 0 Å². The maximum Gasteiger partial charge on any atom is 0.0159 e. The molecule has 0 nitrogen and oxygen atoms in total. The van der Waals surface area contributed by atoms with E-state index in [1.54, 1.807) is 0 Å². The zero-order valence-corrected chi connectivity index (χ0v) is 17.6. The van der Waals surface area contributed by atoms with Gasteiger partial charge in [-0.15, -0.1) is 0 Å². The summed E-state index contributed by atoms with van der Waals surface area (Å²) in [6.07, 6.45) is 0. The summed E-state index contributed by atoms with van der Waals surface area (Å²) < 4.78 is 0. The predicted octanol–water partition coefficient (Wildman–Crippen LogP) is 7.94. The highest BCUT2D eigenvalue weighted by Gasteiger charge is 2.35. The Morgan fingerprint density at radius 3 is 1.83 bits per heavy atom. The van der Waals surface area contributed by atoms with E-state index in [4.69, 9.17) is 0 Å². The fourth-order valence-electron chi connectivity index (χ4n) is 4.81. The molecule has 0 heterocycles. The van der Waals surface area contributed by atoms with E-state index in [0.29, 0.717) is 0 Å². The van der Waals surface area contributed by atoms with Crippen LogP contribution >= 0.6 is 0 Å². The maximum absolute atomic E-state index is 2.41. The van der Waals surface area contributed by atoms with Gasteiger partial charge < -0.3 is 0 Å². The van der Waals surface area contributed by atoms with E-state index in [2.05, 4.69) is 113 Å². The van der Waals surface area contributed by atoms with E-state index < -0.39 is 0 Å². The third-order valence-electron chi connectivity index (χ3n) is 6.48. The zero-order valence-electron chi connectivity index (χ0n) is 17.6. The monoisotopic (exact) mass is 374 g/mol. The molecule has 142 valence electrons. The Hall–Kier alpha value is -3.12. The fourth-order valence-corrected chi connectivity index (χ4v) is 4.81. The molecule has 0 saturated carbocycles. The Morgan fingerprint density at radius 1 is 0.517 bits per heavy atom. The Balaban J connectivity index is 1.65. The van der Waals surface area contributed by atoms with Gasteiger partial charge >= 0.3 is 0 Å². The van der Waals surface area contributed by atoms with Crippen molar-refractivity contribution in [1.29, 1.82) is 0 Å². The van der Waals surface area contributed by atoms with Crippen molar-refractivity contribution in [2.24, 2.45) is 0 Å². The van der Waals surface area contributed by atoms with E-state index in [1.807, 2.05) is 0 Å². The fraction of sp³-hybridized carbons (Fsp3) is 0.172. The lowest BCUT2D eigenvalue weighted by molar-refractivity contribution is 0.661. The second kappa shape index (κ2) is 6.46. The molecule has 0 fully saturated rings. The van der Waals surface area contributed by atoms with Crippen LogP contribution in [-0.4, -0.2) is 0 Å². The average Bonchev–Trinajstić information content (AvgIpc) is 2.95. The minimum atomic E-state index is -0.0107. The standard InChI is InChI=1S/C29H26/c1-19-8-7-10-21(16-19)22-12-14-25-26-15-13-23(24-11-6-5-9-20(24)2)18-28(26)29(3,4)27(25)17-22/h5-18H,1-4H3. The second-order valence-corrected chi connectivity index (χ2v) is 8.83. The SMILES string of the molecule is Cc1cccc(-c2ccc3c(c2)C(C)(C)c2cc(-c4ccccc4C)ccc2-3)c1. The molecule has 0 heteroatoms. The van der Waals surface area contributed by atoms with Crippen LogP contribution in [0.5, 0.6) is 0 Å². The van der Waals surface area contributed by atoms with Crippen molar-refractivity contribution >= 4 is 0 Å². The second-order valence-electron chi connectivity index (χ2n) is 8.83.